The van der Waals surface area contributed by atoms with Crippen LogP contribution in [0, 0.1) is 12.8 Å². The van der Waals surface area contributed by atoms with Crippen molar-refractivity contribution in [1.29, 1.82) is 0 Å². The molecule has 1 fully saturated rings. The first kappa shape index (κ1) is 22.5. The Labute approximate surface area is 179 Å². The minimum Gasteiger partial charge on any atom is -0.411 e. The number of benzene rings is 2. The number of sulfone groups is 1. The Hall–Kier alpha value is -2.18. The Morgan fingerprint density at radius 3 is 2.27 bits per heavy atom. The molecule has 0 saturated heterocycles. The van der Waals surface area contributed by atoms with E-state index < -0.39 is 15.4 Å². The van der Waals surface area contributed by atoms with E-state index in [1.165, 1.54) is 6.26 Å². The van der Waals surface area contributed by atoms with Gasteiger partial charge in [0.1, 0.15) is 0 Å². The Bertz CT molecular complexity index is 1000. The zero-order valence-corrected chi connectivity index (χ0v) is 18.7. The molecular weight excluding hydrogens is 398 g/mol. The van der Waals surface area contributed by atoms with Crippen LogP contribution in [0.15, 0.2) is 58.6 Å². The fourth-order valence-corrected chi connectivity index (χ4v) is 5.03. The molecule has 1 atom stereocenters. The molecule has 1 unspecified atom stereocenters. The molecule has 1 saturated carbocycles. The summed E-state index contributed by atoms with van der Waals surface area (Å²) in [6.45, 7) is 3.92. The van der Waals surface area contributed by atoms with Crippen molar-refractivity contribution < 1.29 is 18.7 Å². The number of aryl methyl sites for hydroxylation is 1. The summed E-state index contributed by atoms with van der Waals surface area (Å²) in [5, 5.41) is 23.8. The lowest BCUT2D eigenvalue weighted by atomic mass is 9.74. The normalized spacial score (nSPS) is 23.9. The quantitative estimate of drug-likeness (QED) is 0.396. The van der Waals surface area contributed by atoms with E-state index in [9.17, 15) is 18.7 Å². The highest BCUT2D eigenvalue weighted by Gasteiger charge is 2.32. The maximum Gasteiger partial charge on any atom is 0.175 e. The lowest BCUT2D eigenvalue weighted by Crippen LogP contribution is -2.33. The lowest BCUT2D eigenvalue weighted by molar-refractivity contribution is 0.0153. The average molecular weight is 430 g/mol. The summed E-state index contributed by atoms with van der Waals surface area (Å²) >= 11 is 0. The van der Waals surface area contributed by atoms with Crippen molar-refractivity contribution in [3.05, 3.63) is 65.2 Å². The van der Waals surface area contributed by atoms with E-state index in [2.05, 4.69) is 24.2 Å². The molecule has 2 aromatic carbocycles. The minimum absolute atomic E-state index is 0.0480. The Balaban J connectivity index is 1.93. The van der Waals surface area contributed by atoms with Crippen molar-refractivity contribution in [2.24, 2.45) is 11.1 Å². The topological polar surface area (TPSA) is 87.0 Å². The van der Waals surface area contributed by atoms with Crippen LogP contribution in [0.4, 0.5) is 0 Å². The van der Waals surface area contributed by atoms with Crippen LogP contribution in [0.5, 0.6) is 0 Å². The minimum atomic E-state index is -3.26. The summed E-state index contributed by atoms with van der Waals surface area (Å²) in [4.78, 5) is 0.292. The van der Waals surface area contributed by atoms with Crippen LogP contribution < -0.4 is 0 Å². The fourth-order valence-electron chi connectivity index (χ4n) is 4.40. The van der Waals surface area contributed by atoms with Crippen LogP contribution >= 0.6 is 0 Å². The van der Waals surface area contributed by atoms with Gasteiger partial charge in [-0.05, 0) is 68.4 Å². The number of rotatable bonds is 6. The number of hydrogen-bond donors (Lipinski definition) is 2. The van der Waals surface area contributed by atoms with Gasteiger partial charge in [-0.3, -0.25) is 0 Å². The summed E-state index contributed by atoms with van der Waals surface area (Å²) in [5.41, 5.74) is 3.35. The van der Waals surface area contributed by atoms with Crippen molar-refractivity contribution in [3.63, 3.8) is 0 Å². The predicted octanol–water partition coefficient (Wildman–Crippen LogP) is 4.69. The Morgan fingerprint density at radius 2 is 1.73 bits per heavy atom. The summed E-state index contributed by atoms with van der Waals surface area (Å²) in [7, 11) is -3.26. The first-order valence-corrected chi connectivity index (χ1v) is 12.3. The van der Waals surface area contributed by atoms with E-state index in [1.807, 2.05) is 31.2 Å². The number of nitrogens with zero attached hydrogens (tertiary/aromatic N) is 1. The highest BCUT2D eigenvalue weighted by atomic mass is 32.2. The van der Waals surface area contributed by atoms with Gasteiger partial charge in [0.25, 0.3) is 0 Å². The molecule has 0 aromatic heterocycles. The summed E-state index contributed by atoms with van der Waals surface area (Å²) in [5.74, 6) is 0.0881. The standard InChI is InChI=1S/C24H31NO4S/c1-17-6-4-5-7-21(17)22(18-8-10-20(11-9-18)30(3,28)29)16-23(25-27)19-12-14-24(2,26)15-13-19/h4-11,19,22,26-27H,12-16H2,1-3H3/b25-23+/t19-,22?,24-. The van der Waals surface area contributed by atoms with Crippen LogP contribution in [-0.2, 0) is 9.84 Å². The van der Waals surface area contributed by atoms with Gasteiger partial charge in [0.15, 0.2) is 9.84 Å². The predicted molar refractivity (Wildman–Crippen MR) is 119 cm³/mol. The van der Waals surface area contributed by atoms with Gasteiger partial charge < -0.3 is 10.3 Å². The third-order valence-electron chi connectivity index (χ3n) is 6.35. The van der Waals surface area contributed by atoms with E-state index in [4.69, 9.17) is 0 Å². The molecule has 0 spiro atoms. The van der Waals surface area contributed by atoms with Crippen molar-refractivity contribution in [3.8, 4) is 0 Å². The molecule has 0 aliphatic heterocycles. The molecule has 0 heterocycles. The average Bonchev–Trinajstić information content (AvgIpc) is 2.70. The Kier molecular flexibility index (Phi) is 6.68. The number of aliphatic hydroxyl groups is 1. The van der Waals surface area contributed by atoms with E-state index in [1.54, 1.807) is 12.1 Å². The highest BCUT2D eigenvalue weighted by Crippen LogP contribution is 2.37. The fraction of sp³-hybridized carbons (Fsp3) is 0.458. The van der Waals surface area contributed by atoms with Crippen molar-refractivity contribution >= 4 is 15.5 Å². The molecule has 2 N–H and O–H groups in total. The van der Waals surface area contributed by atoms with Gasteiger partial charge in [0.05, 0.1) is 16.2 Å². The first-order valence-electron chi connectivity index (χ1n) is 10.4. The summed E-state index contributed by atoms with van der Waals surface area (Å²) < 4.78 is 23.7. The maximum absolute atomic E-state index is 11.8. The summed E-state index contributed by atoms with van der Waals surface area (Å²) in [6, 6.07) is 15.1. The third-order valence-corrected chi connectivity index (χ3v) is 7.48. The smallest absolute Gasteiger partial charge is 0.175 e. The molecule has 0 amide bonds. The van der Waals surface area contributed by atoms with Crippen molar-refractivity contribution in [1.82, 2.24) is 0 Å². The molecule has 5 nitrogen and oxygen atoms in total. The molecule has 1 aliphatic carbocycles. The molecule has 0 radical (unpaired) electrons. The second kappa shape index (κ2) is 8.90. The highest BCUT2D eigenvalue weighted by molar-refractivity contribution is 7.90. The van der Waals surface area contributed by atoms with Crippen molar-refractivity contribution in [2.75, 3.05) is 6.26 Å². The van der Waals surface area contributed by atoms with E-state index in [0.29, 0.717) is 24.2 Å². The largest absolute Gasteiger partial charge is 0.411 e. The molecule has 162 valence electrons. The van der Waals surface area contributed by atoms with Gasteiger partial charge in [0.2, 0.25) is 0 Å². The second-order valence-corrected chi connectivity index (χ2v) is 10.8. The molecule has 1 aliphatic rings. The van der Waals surface area contributed by atoms with E-state index >= 15 is 0 Å². The molecular formula is C24H31NO4S. The molecule has 3 rings (SSSR count). The lowest BCUT2D eigenvalue weighted by Gasteiger charge is -2.34. The van der Waals surface area contributed by atoms with Crippen molar-refractivity contribution in [2.45, 2.75) is 62.4 Å². The van der Waals surface area contributed by atoms with Crippen LogP contribution in [0.3, 0.4) is 0 Å². The molecule has 6 heteroatoms. The van der Waals surface area contributed by atoms with Gasteiger partial charge >= 0.3 is 0 Å². The van der Waals surface area contributed by atoms with Crippen LogP contribution in [0.25, 0.3) is 0 Å². The molecule has 30 heavy (non-hydrogen) atoms. The first-order chi connectivity index (χ1) is 14.1. The van der Waals surface area contributed by atoms with Gasteiger partial charge in [-0.1, -0.05) is 41.6 Å². The van der Waals surface area contributed by atoms with Gasteiger partial charge in [-0.15, -0.1) is 0 Å². The molecule has 0 bridgehead atoms. The second-order valence-electron chi connectivity index (χ2n) is 8.82. The van der Waals surface area contributed by atoms with Crippen LogP contribution in [0.1, 0.15) is 61.6 Å². The van der Waals surface area contributed by atoms with E-state index in [0.717, 1.165) is 35.2 Å². The SMILES string of the molecule is Cc1ccccc1C(C/C(=N\O)[C@H]1CC[C@](C)(O)CC1)c1ccc(S(C)(=O)=O)cc1. The Morgan fingerprint density at radius 1 is 1.13 bits per heavy atom. The van der Waals surface area contributed by atoms with Gasteiger partial charge in [0, 0.05) is 24.5 Å². The van der Waals surface area contributed by atoms with Crippen LogP contribution in [-0.4, -0.2) is 36.3 Å². The third kappa shape index (κ3) is 5.29. The monoisotopic (exact) mass is 429 g/mol. The van der Waals surface area contributed by atoms with Gasteiger partial charge in [-0.25, -0.2) is 8.42 Å². The maximum atomic E-state index is 11.8. The number of hydrogen-bond acceptors (Lipinski definition) is 5. The van der Waals surface area contributed by atoms with E-state index in [-0.39, 0.29) is 11.8 Å². The zero-order chi connectivity index (χ0) is 21.9. The number of oxime groups is 1. The molecule has 2 aromatic rings. The summed E-state index contributed by atoms with van der Waals surface area (Å²) in [6.07, 6.45) is 4.71. The van der Waals surface area contributed by atoms with Gasteiger partial charge in [-0.2, -0.15) is 0 Å². The zero-order valence-electron chi connectivity index (χ0n) is 17.9. The van der Waals surface area contributed by atoms with Crippen LogP contribution in [0.2, 0.25) is 0 Å².